The second-order valence-corrected chi connectivity index (χ2v) is 7.95. The number of aliphatic imine (C=N–C) groups is 1. The Bertz CT molecular complexity index is 1270. The summed E-state index contributed by atoms with van der Waals surface area (Å²) in [4.78, 5) is 13.0. The highest BCUT2D eigenvalue weighted by atomic mass is 16.4. The minimum absolute atomic E-state index is 0. The van der Waals surface area contributed by atoms with Gasteiger partial charge in [0.05, 0.1) is 17.1 Å². The lowest BCUT2D eigenvalue weighted by molar-refractivity contribution is 0.318. The fraction of sp³-hybridized carbons (Fsp3) is 0.385. The van der Waals surface area contributed by atoms with E-state index in [2.05, 4.69) is 51.3 Å². The van der Waals surface area contributed by atoms with Crippen LogP contribution in [0, 0.1) is 13.8 Å². The van der Waals surface area contributed by atoms with Crippen molar-refractivity contribution in [3.63, 3.8) is 0 Å². The van der Waals surface area contributed by atoms with Crippen molar-refractivity contribution < 1.29 is 5.21 Å². The largest absolute Gasteiger partial charge is 0.411 e. The maximum atomic E-state index is 9.09. The van der Waals surface area contributed by atoms with Gasteiger partial charge < -0.3 is 5.21 Å². The van der Waals surface area contributed by atoms with Crippen LogP contribution in [0.2, 0.25) is 0 Å². The SMILES string of the molecule is C.C.C.CC.CC.CC.CC.Cc1cccc(C(Cc2ccccn2)=NO)c1.Cc1cccc(C2=NC2c2ccccn2)c1. The molecule has 0 aliphatic carbocycles. The van der Waals surface area contributed by atoms with Gasteiger partial charge in [0.25, 0.3) is 0 Å². The highest BCUT2D eigenvalue weighted by Gasteiger charge is 2.31. The quantitative estimate of drug-likeness (QED) is 0.140. The Morgan fingerprint density at radius 3 is 1.68 bits per heavy atom. The summed E-state index contributed by atoms with van der Waals surface area (Å²) in [6.07, 6.45) is 4.08. The predicted octanol–water partition coefficient (Wildman–Crippen LogP) is 11.8. The van der Waals surface area contributed by atoms with E-state index in [0.29, 0.717) is 12.1 Å². The molecular formula is C39H62N4O. The van der Waals surface area contributed by atoms with E-state index in [4.69, 9.17) is 5.21 Å². The third kappa shape index (κ3) is 16.5. The lowest BCUT2D eigenvalue weighted by atomic mass is 10.0. The Labute approximate surface area is 271 Å². The minimum atomic E-state index is 0. The number of aromatic nitrogens is 2. The van der Waals surface area contributed by atoms with Gasteiger partial charge in [-0.05, 0) is 49.2 Å². The number of oxime groups is 1. The summed E-state index contributed by atoms with van der Waals surface area (Å²) in [6, 6.07) is 28.2. The van der Waals surface area contributed by atoms with Gasteiger partial charge in [0.1, 0.15) is 6.04 Å². The Morgan fingerprint density at radius 1 is 0.659 bits per heavy atom. The van der Waals surface area contributed by atoms with Gasteiger partial charge in [-0.25, -0.2) is 0 Å². The molecule has 244 valence electrons. The standard InChI is InChI=1S/C14H14N2O.C14H12N2.4C2H6.3CH4/c1-11-5-4-6-12(9-11)14(16-17)10-13-7-2-3-8-15-13;1-10-5-4-6-11(9-10)13-14(16-13)12-7-2-3-8-15-12;4*1-2;;;/h2-9,17H,10H2,1H3;2-9,14H,1H3;4*1-2H3;3*1H4. The van der Waals surface area contributed by atoms with E-state index in [1.807, 2.05) is 129 Å². The molecule has 44 heavy (non-hydrogen) atoms. The van der Waals surface area contributed by atoms with Crippen molar-refractivity contribution in [1.29, 1.82) is 0 Å². The van der Waals surface area contributed by atoms with E-state index < -0.39 is 0 Å². The first kappa shape index (κ1) is 46.8. The van der Waals surface area contributed by atoms with Crippen LogP contribution in [0.3, 0.4) is 0 Å². The van der Waals surface area contributed by atoms with Gasteiger partial charge >= 0.3 is 0 Å². The molecule has 1 atom stereocenters. The van der Waals surface area contributed by atoms with Crippen LogP contribution in [0.4, 0.5) is 0 Å². The number of rotatable bonds is 5. The molecule has 0 saturated heterocycles. The van der Waals surface area contributed by atoms with Crippen molar-refractivity contribution in [2.24, 2.45) is 10.1 Å². The van der Waals surface area contributed by atoms with Crippen molar-refractivity contribution in [1.82, 2.24) is 9.97 Å². The molecule has 0 amide bonds. The van der Waals surface area contributed by atoms with E-state index in [0.717, 1.165) is 28.2 Å². The second kappa shape index (κ2) is 29.0. The third-order valence-electron chi connectivity index (χ3n) is 5.29. The number of aryl methyl sites for hydroxylation is 2. The number of hydrogen-bond acceptors (Lipinski definition) is 5. The molecule has 5 heteroatoms. The average Bonchev–Trinajstić information content (AvgIpc) is 3.86. The molecule has 1 N–H and O–H groups in total. The molecule has 2 aromatic heterocycles. The van der Waals surface area contributed by atoms with E-state index in [1.165, 1.54) is 11.1 Å². The molecule has 1 aliphatic heterocycles. The molecule has 1 aliphatic rings. The monoisotopic (exact) mass is 602 g/mol. The third-order valence-corrected chi connectivity index (χ3v) is 5.29. The average molecular weight is 603 g/mol. The highest BCUT2D eigenvalue weighted by Crippen LogP contribution is 2.33. The normalized spacial score (nSPS) is 11.5. The van der Waals surface area contributed by atoms with Crippen LogP contribution >= 0.6 is 0 Å². The van der Waals surface area contributed by atoms with Crippen LogP contribution in [0.25, 0.3) is 0 Å². The number of hydrogen-bond donors (Lipinski definition) is 1. The van der Waals surface area contributed by atoms with Gasteiger partial charge in [0.2, 0.25) is 0 Å². The van der Waals surface area contributed by atoms with Crippen LogP contribution in [0.1, 0.15) is 117 Å². The van der Waals surface area contributed by atoms with Crippen LogP contribution < -0.4 is 0 Å². The summed E-state index contributed by atoms with van der Waals surface area (Å²) < 4.78 is 0. The summed E-state index contributed by atoms with van der Waals surface area (Å²) in [5, 5.41) is 12.5. The molecule has 1 unspecified atom stereocenters. The molecule has 5 nitrogen and oxygen atoms in total. The van der Waals surface area contributed by atoms with Gasteiger partial charge in [0.15, 0.2) is 0 Å². The summed E-state index contributed by atoms with van der Waals surface area (Å²) in [5.74, 6) is 0. The van der Waals surface area contributed by atoms with Gasteiger partial charge in [-0.15, -0.1) is 0 Å². The zero-order valence-corrected chi connectivity index (χ0v) is 26.8. The van der Waals surface area contributed by atoms with Crippen molar-refractivity contribution in [2.75, 3.05) is 0 Å². The van der Waals surface area contributed by atoms with E-state index in [9.17, 15) is 0 Å². The molecule has 0 spiro atoms. The summed E-state index contributed by atoms with van der Waals surface area (Å²) in [5.41, 5.74) is 8.28. The summed E-state index contributed by atoms with van der Waals surface area (Å²) in [6.45, 7) is 20.1. The van der Waals surface area contributed by atoms with Crippen LogP contribution in [-0.2, 0) is 6.42 Å². The van der Waals surface area contributed by atoms with Crippen LogP contribution in [0.5, 0.6) is 0 Å². The molecule has 2 aromatic carbocycles. The fourth-order valence-corrected chi connectivity index (χ4v) is 3.58. The summed E-state index contributed by atoms with van der Waals surface area (Å²) >= 11 is 0. The maximum Gasteiger partial charge on any atom is 0.134 e. The Morgan fingerprint density at radius 2 is 1.20 bits per heavy atom. The van der Waals surface area contributed by atoms with Gasteiger partial charge in [0, 0.05) is 24.5 Å². The molecule has 0 saturated carbocycles. The number of benzene rings is 2. The van der Waals surface area contributed by atoms with Gasteiger partial charge in [-0.1, -0.05) is 155 Å². The van der Waals surface area contributed by atoms with E-state index in [-0.39, 0.29) is 28.3 Å². The zero-order valence-electron chi connectivity index (χ0n) is 26.8. The fourth-order valence-electron chi connectivity index (χ4n) is 3.58. The smallest absolute Gasteiger partial charge is 0.134 e. The number of pyridine rings is 2. The van der Waals surface area contributed by atoms with Crippen molar-refractivity contribution in [2.45, 2.75) is 104 Å². The maximum absolute atomic E-state index is 9.09. The first-order chi connectivity index (χ1) is 20.1. The van der Waals surface area contributed by atoms with Crippen LogP contribution in [0.15, 0.2) is 107 Å². The Hall–Kier alpha value is -4.12. The minimum Gasteiger partial charge on any atom is -0.411 e. The molecule has 3 heterocycles. The van der Waals surface area contributed by atoms with E-state index in [1.54, 1.807) is 6.20 Å². The van der Waals surface area contributed by atoms with E-state index >= 15 is 0 Å². The zero-order chi connectivity index (χ0) is 31.0. The first-order valence-corrected chi connectivity index (χ1v) is 14.9. The molecular weight excluding hydrogens is 540 g/mol. The predicted molar refractivity (Wildman–Crippen MR) is 198 cm³/mol. The van der Waals surface area contributed by atoms with Crippen molar-refractivity contribution in [3.8, 4) is 0 Å². The lowest BCUT2D eigenvalue weighted by Crippen LogP contribution is -2.06. The second-order valence-electron chi connectivity index (χ2n) is 7.95. The first-order valence-electron chi connectivity index (χ1n) is 14.9. The highest BCUT2D eigenvalue weighted by molar-refractivity contribution is 6.13. The van der Waals surface area contributed by atoms with Gasteiger partial charge in [-0.2, -0.15) is 0 Å². The van der Waals surface area contributed by atoms with Crippen LogP contribution in [-0.4, -0.2) is 26.6 Å². The molecule has 0 bridgehead atoms. The van der Waals surface area contributed by atoms with Gasteiger partial charge in [-0.3, -0.25) is 15.0 Å². The molecule has 4 aromatic rings. The van der Waals surface area contributed by atoms with Crippen molar-refractivity contribution in [3.05, 3.63) is 131 Å². The summed E-state index contributed by atoms with van der Waals surface area (Å²) in [7, 11) is 0. The topological polar surface area (TPSA) is 70.7 Å². The molecule has 5 rings (SSSR count). The molecule has 0 radical (unpaired) electrons. The Kier molecular flexibility index (Phi) is 30.8. The number of nitrogens with zero attached hydrogens (tertiary/aromatic N) is 4. The lowest BCUT2D eigenvalue weighted by Gasteiger charge is -2.05. The molecule has 0 fully saturated rings. The van der Waals surface area contributed by atoms with Crippen molar-refractivity contribution >= 4 is 11.4 Å². The Balaban J connectivity index is -0.000000281.